The fourth-order valence-corrected chi connectivity index (χ4v) is 3.85. The van der Waals surface area contributed by atoms with Crippen molar-refractivity contribution < 1.29 is 4.79 Å². The maximum absolute atomic E-state index is 11.6. The van der Waals surface area contributed by atoms with Crippen molar-refractivity contribution in [3.63, 3.8) is 0 Å². The number of hydrogen-bond acceptors (Lipinski definition) is 1. The SMILES string of the molecule is CCCCCCCCc1ccc(-c2ccccc2)c(-c2ccc(C(C)=O)cc2)c1. The Balaban J connectivity index is 1.85. The van der Waals surface area contributed by atoms with Crippen molar-refractivity contribution in [2.24, 2.45) is 0 Å². The Morgan fingerprint density at radius 2 is 1.34 bits per heavy atom. The van der Waals surface area contributed by atoms with Gasteiger partial charge in [0, 0.05) is 5.56 Å². The van der Waals surface area contributed by atoms with Crippen molar-refractivity contribution in [3.8, 4) is 22.3 Å². The highest BCUT2D eigenvalue weighted by atomic mass is 16.1. The number of Topliss-reactive ketones (excluding diaryl/α,β-unsaturated/α-hetero) is 1. The topological polar surface area (TPSA) is 17.1 Å². The molecule has 0 saturated heterocycles. The van der Waals surface area contributed by atoms with Crippen LogP contribution in [0, 0.1) is 0 Å². The van der Waals surface area contributed by atoms with Crippen molar-refractivity contribution >= 4 is 5.78 Å². The summed E-state index contributed by atoms with van der Waals surface area (Å²) in [5.74, 6) is 0.108. The van der Waals surface area contributed by atoms with E-state index in [4.69, 9.17) is 0 Å². The van der Waals surface area contributed by atoms with Crippen LogP contribution in [0.1, 0.15) is 68.3 Å². The average Bonchev–Trinajstić information content (AvgIpc) is 2.77. The molecule has 0 bridgehead atoms. The van der Waals surface area contributed by atoms with Gasteiger partial charge in [0.15, 0.2) is 5.78 Å². The lowest BCUT2D eigenvalue weighted by atomic mass is 9.91. The van der Waals surface area contributed by atoms with E-state index in [1.807, 2.05) is 12.1 Å². The molecule has 0 aliphatic rings. The van der Waals surface area contributed by atoms with E-state index in [9.17, 15) is 4.79 Å². The standard InChI is InChI=1S/C28H32O/c1-3-4-5-6-7-9-12-23-15-20-27(25-13-10-8-11-14-25)28(21-23)26-18-16-24(17-19-26)22(2)29/h8,10-11,13-21H,3-7,9,12H2,1-2H3. The van der Waals surface area contributed by atoms with Crippen LogP contribution in [-0.2, 0) is 6.42 Å². The molecule has 0 N–H and O–H groups in total. The lowest BCUT2D eigenvalue weighted by Gasteiger charge is -2.13. The molecule has 29 heavy (non-hydrogen) atoms. The van der Waals surface area contributed by atoms with Gasteiger partial charge in [0.1, 0.15) is 0 Å². The van der Waals surface area contributed by atoms with E-state index in [1.54, 1.807) is 6.92 Å². The monoisotopic (exact) mass is 384 g/mol. The molecule has 0 aliphatic heterocycles. The van der Waals surface area contributed by atoms with Crippen LogP contribution in [0.4, 0.5) is 0 Å². The maximum atomic E-state index is 11.6. The summed E-state index contributed by atoms with van der Waals surface area (Å²) in [5, 5.41) is 0. The van der Waals surface area contributed by atoms with E-state index in [0.717, 1.165) is 12.0 Å². The Morgan fingerprint density at radius 3 is 2.03 bits per heavy atom. The second kappa shape index (κ2) is 10.8. The summed E-state index contributed by atoms with van der Waals surface area (Å²) in [6.45, 7) is 3.88. The number of carbonyl (C=O) groups excluding carboxylic acids is 1. The fraction of sp³-hybridized carbons (Fsp3) is 0.321. The number of unbranched alkanes of at least 4 members (excludes halogenated alkanes) is 5. The number of aryl methyl sites for hydroxylation is 1. The normalized spacial score (nSPS) is 10.8. The highest BCUT2D eigenvalue weighted by Gasteiger charge is 2.10. The first-order valence-corrected chi connectivity index (χ1v) is 11.0. The summed E-state index contributed by atoms with van der Waals surface area (Å²) < 4.78 is 0. The lowest BCUT2D eigenvalue weighted by molar-refractivity contribution is 0.101. The predicted octanol–water partition coefficient (Wildman–Crippen LogP) is 8.13. The van der Waals surface area contributed by atoms with Gasteiger partial charge in [-0.15, -0.1) is 0 Å². The zero-order valence-corrected chi connectivity index (χ0v) is 17.8. The van der Waals surface area contributed by atoms with Crippen LogP contribution in [0.15, 0.2) is 72.8 Å². The van der Waals surface area contributed by atoms with Crippen LogP contribution < -0.4 is 0 Å². The van der Waals surface area contributed by atoms with Gasteiger partial charge in [-0.3, -0.25) is 4.79 Å². The first-order chi connectivity index (χ1) is 14.2. The van der Waals surface area contributed by atoms with E-state index in [1.165, 1.54) is 66.3 Å². The molecular weight excluding hydrogens is 352 g/mol. The molecule has 1 heteroatoms. The molecule has 0 radical (unpaired) electrons. The lowest BCUT2D eigenvalue weighted by Crippen LogP contribution is -1.93. The van der Waals surface area contributed by atoms with Crippen LogP contribution in [-0.4, -0.2) is 5.78 Å². The number of benzene rings is 3. The summed E-state index contributed by atoms with van der Waals surface area (Å²) in [7, 11) is 0. The van der Waals surface area contributed by atoms with Gasteiger partial charge in [0.05, 0.1) is 0 Å². The number of hydrogen-bond donors (Lipinski definition) is 0. The van der Waals surface area contributed by atoms with Gasteiger partial charge < -0.3 is 0 Å². The van der Waals surface area contributed by atoms with Crippen molar-refractivity contribution in [1.82, 2.24) is 0 Å². The average molecular weight is 385 g/mol. The highest BCUT2D eigenvalue weighted by molar-refractivity contribution is 5.95. The van der Waals surface area contributed by atoms with Gasteiger partial charge in [-0.2, -0.15) is 0 Å². The molecule has 0 heterocycles. The van der Waals surface area contributed by atoms with Crippen molar-refractivity contribution in [2.45, 2.75) is 58.8 Å². The summed E-state index contributed by atoms with van der Waals surface area (Å²) in [4.78, 5) is 11.6. The predicted molar refractivity (Wildman–Crippen MR) is 124 cm³/mol. The Morgan fingerprint density at radius 1 is 0.690 bits per heavy atom. The van der Waals surface area contributed by atoms with Gasteiger partial charge >= 0.3 is 0 Å². The minimum Gasteiger partial charge on any atom is -0.295 e. The Kier molecular flexibility index (Phi) is 7.81. The fourth-order valence-electron chi connectivity index (χ4n) is 3.85. The third-order valence-corrected chi connectivity index (χ3v) is 5.59. The summed E-state index contributed by atoms with van der Waals surface area (Å²) in [6.07, 6.45) is 9.03. The van der Waals surface area contributed by atoms with Gasteiger partial charge in [-0.05, 0) is 47.6 Å². The Hall–Kier alpha value is -2.67. The molecule has 0 atom stereocenters. The van der Waals surface area contributed by atoms with Crippen LogP contribution in [0.25, 0.3) is 22.3 Å². The molecule has 0 saturated carbocycles. The van der Waals surface area contributed by atoms with Crippen molar-refractivity contribution in [2.75, 3.05) is 0 Å². The van der Waals surface area contributed by atoms with E-state index < -0.39 is 0 Å². The minimum atomic E-state index is 0.108. The molecule has 0 spiro atoms. The molecule has 3 aromatic carbocycles. The van der Waals surface area contributed by atoms with E-state index >= 15 is 0 Å². The van der Waals surface area contributed by atoms with Gasteiger partial charge in [-0.25, -0.2) is 0 Å². The summed E-state index contributed by atoms with van der Waals surface area (Å²) in [6, 6.07) is 25.5. The van der Waals surface area contributed by atoms with Gasteiger partial charge in [0.25, 0.3) is 0 Å². The smallest absolute Gasteiger partial charge is 0.159 e. The van der Waals surface area contributed by atoms with Crippen LogP contribution in [0.3, 0.4) is 0 Å². The largest absolute Gasteiger partial charge is 0.295 e. The van der Waals surface area contributed by atoms with Crippen molar-refractivity contribution in [3.05, 3.63) is 83.9 Å². The molecule has 3 aromatic rings. The first kappa shape index (κ1) is 21.0. The molecule has 0 aromatic heterocycles. The van der Waals surface area contributed by atoms with Crippen LogP contribution in [0.2, 0.25) is 0 Å². The van der Waals surface area contributed by atoms with Gasteiger partial charge in [0.2, 0.25) is 0 Å². The molecule has 0 aliphatic carbocycles. The molecule has 0 unspecified atom stereocenters. The summed E-state index contributed by atoms with van der Waals surface area (Å²) >= 11 is 0. The van der Waals surface area contributed by atoms with E-state index in [-0.39, 0.29) is 5.78 Å². The molecule has 1 nitrogen and oxygen atoms in total. The van der Waals surface area contributed by atoms with Crippen LogP contribution in [0.5, 0.6) is 0 Å². The first-order valence-electron chi connectivity index (χ1n) is 11.0. The second-order valence-electron chi connectivity index (χ2n) is 7.90. The Bertz CT molecular complexity index is 907. The van der Waals surface area contributed by atoms with Gasteiger partial charge in [-0.1, -0.05) is 112 Å². The highest BCUT2D eigenvalue weighted by Crippen LogP contribution is 2.33. The third kappa shape index (κ3) is 5.90. The molecular formula is C28H32O. The molecule has 150 valence electrons. The van der Waals surface area contributed by atoms with Crippen LogP contribution >= 0.6 is 0 Å². The number of rotatable bonds is 10. The number of ketones is 1. The Labute approximate surface area is 175 Å². The maximum Gasteiger partial charge on any atom is 0.159 e. The summed E-state index contributed by atoms with van der Waals surface area (Å²) in [5.41, 5.74) is 7.04. The van der Waals surface area contributed by atoms with Crippen molar-refractivity contribution in [1.29, 1.82) is 0 Å². The number of carbonyl (C=O) groups is 1. The zero-order chi connectivity index (χ0) is 20.5. The minimum absolute atomic E-state index is 0.108. The zero-order valence-electron chi connectivity index (χ0n) is 17.8. The molecule has 0 amide bonds. The quantitative estimate of drug-likeness (QED) is 0.255. The third-order valence-electron chi connectivity index (χ3n) is 5.59. The molecule has 0 fully saturated rings. The molecule has 3 rings (SSSR count). The van der Waals surface area contributed by atoms with E-state index in [2.05, 4.69) is 67.6 Å². The second-order valence-corrected chi connectivity index (χ2v) is 7.90. The van der Waals surface area contributed by atoms with E-state index in [0.29, 0.717) is 0 Å².